The number of anilines is 1. The molecule has 0 heterocycles. The van der Waals surface area contributed by atoms with Crippen LogP contribution >= 0.6 is 0 Å². The average Bonchev–Trinajstić information content (AvgIpc) is 2.58. The number of benzene rings is 2. The molecular weight excluding hydrogens is 304 g/mol. The lowest BCUT2D eigenvalue weighted by molar-refractivity contribution is 0.0188. The first-order valence-electron chi connectivity index (χ1n) is 7.93. The molecule has 0 aliphatic carbocycles. The van der Waals surface area contributed by atoms with Crippen molar-refractivity contribution in [3.05, 3.63) is 65.7 Å². The molecule has 2 aromatic carbocycles. The highest BCUT2D eigenvalue weighted by Gasteiger charge is 2.14. The highest BCUT2D eigenvalue weighted by atomic mass is 16.5. The minimum absolute atomic E-state index is 0.178. The largest absolute Gasteiger partial charge is 0.389 e. The summed E-state index contributed by atoms with van der Waals surface area (Å²) in [5, 5.41) is 12.8. The van der Waals surface area contributed by atoms with Gasteiger partial charge in [-0.15, -0.1) is 0 Å². The van der Waals surface area contributed by atoms with Gasteiger partial charge in [0, 0.05) is 12.7 Å². The van der Waals surface area contributed by atoms with Crippen molar-refractivity contribution >= 4 is 11.7 Å². The standard InChI is InChI=1S/C19H24N2O3/c1-15-8-10-17(11-9-15)20-19(23)21(2)12-18(22)14-24-13-16-6-4-3-5-7-16/h3-11,18,22H,12-14H2,1-2H3,(H,20,23). The molecule has 0 bridgehead atoms. The zero-order valence-corrected chi connectivity index (χ0v) is 14.1. The zero-order valence-electron chi connectivity index (χ0n) is 14.1. The summed E-state index contributed by atoms with van der Waals surface area (Å²) in [6.07, 6.45) is -0.734. The highest BCUT2D eigenvalue weighted by molar-refractivity contribution is 5.89. The Hall–Kier alpha value is -2.37. The Morgan fingerprint density at radius 1 is 1.17 bits per heavy atom. The number of nitrogens with zero attached hydrogens (tertiary/aromatic N) is 1. The molecular formula is C19H24N2O3. The summed E-state index contributed by atoms with van der Waals surface area (Å²) in [5.41, 5.74) is 2.91. The number of rotatable bonds is 7. The number of hydrogen-bond donors (Lipinski definition) is 2. The van der Waals surface area contributed by atoms with Gasteiger partial charge in [-0.05, 0) is 24.6 Å². The van der Waals surface area contributed by atoms with Crippen molar-refractivity contribution in [2.24, 2.45) is 0 Å². The molecule has 0 radical (unpaired) electrons. The Bertz CT molecular complexity index is 629. The van der Waals surface area contributed by atoms with Gasteiger partial charge in [0.15, 0.2) is 0 Å². The van der Waals surface area contributed by atoms with Crippen LogP contribution in [0.15, 0.2) is 54.6 Å². The predicted octanol–water partition coefficient (Wildman–Crippen LogP) is 3.04. The third-order valence-corrected chi connectivity index (χ3v) is 3.56. The van der Waals surface area contributed by atoms with Gasteiger partial charge < -0.3 is 20.1 Å². The lowest BCUT2D eigenvalue weighted by atomic mass is 10.2. The third kappa shape index (κ3) is 6.02. The Morgan fingerprint density at radius 3 is 2.50 bits per heavy atom. The maximum Gasteiger partial charge on any atom is 0.321 e. The van der Waals surface area contributed by atoms with Crippen molar-refractivity contribution in [3.8, 4) is 0 Å². The number of hydrogen-bond acceptors (Lipinski definition) is 3. The van der Waals surface area contributed by atoms with E-state index in [0.29, 0.717) is 6.61 Å². The maximum atomic E-state index is 12.1. The van der Waals surface area contributed by atoms with Crippen LogP contribution in [0.5, 0.6) is 0 Å². The number of ether oxygens (including phenoxy) is 1. The molecule has 5 nitrogen and oxygen atoms in total. The van der Waals surface area contributed by atoms with Crippen LogP contribution in [0.4, 0.5) is 10.5 Å². The summed E-state index contributed by atoms with van der Waals surface area (Å²) in [7, 11) is 1.64. The van der Waals surface area contributed by atoms with E-state index in [4.69, 9.17) is 4.74 Å². The summed E-state index contributed by atoms with van der Waals surface area (Å²) < 4.78 is 5.49. The summed E-state index contributed by atoms with van der Waals surface area (Å²) in [4.78, 5) is 13.5. The van der Waals surface area contributed by atoms with Gasteiger partial charge in [-0.25, -0.2) is 4.79 Å². The van der Waals surface area contributed by atoms with Crippen molar-refractivity contribution in [3.63, 3.8) is 0 Å². The minimum atomic E-state index is -0.734. The topological polar surface area (TPSA) is 61.8 Å². The normalized spacial score (nSPS) is 11.8. The van der Waals surface area contributed by atoms with Crippen LogP contribution in [-0.2, 0) is 11.3 Å². The fourth-order valence-electron chi connectivity index (χ4n) is 2.19. The molecule has 2 aromatic rings. The van der Waals surface area contributed by atoms with Gasteiger partial charge >= 0.3 is 6.03 Å². The maximum absolute atomic E-state index is 12.1. The van der Waals surface area contributed by atoms with Gasteiger partial charge in [0.1, 0.15) is 0 Å². The monoisotopic (exact) mass is 328 g/mol. The number of nitrogens with one attached hydrogen (secondary N) is 1. The van der Waals surface area contributed by atoms with Crippen LogP contribution in [0, 0.1) is 6.92 Å². The molecule has 5 heteroatoms. The molecule has 1 atom stereocenters. The summed E-state index contributed by atoms with van der Waals surface area (Å²) in [5.74, 6) is 0. The number of likely N-dealkylation sites (N-methyl/N-ethyl adjacent to an activating group) is 1. The number of urea groups is 1. The lowest BCUT2D eigenvalue weighted by Crippen LogP contribution is -2.38. The van der Waals surface area contributed by atoms with Gasteiger partial charge in [0.05, 0.1) is 25.9 Å². The highest BCUT2D eigenvalue weighted by Crippen LogP contribution is 2.09. The first-order valence-corrected chi connectivity index (χ1v) is 7.93. The summed E-state index contributed by atoms with van der Waals surface area (Å²) in [6, 6.07) is 17.1. The molecule has 1 unspecified atom stereocenters. The lowest BCUT2D eigenvalue weighted by Gasteiger charge is -2.21. The van der Waals surface area contributed by atoms with Crippen molar-refractivity contribution in [2.45, 2.75) is 19.6 Å². The number of amides is 2. The Labute approximate surface area is 142 Å². The summed E-state index contributed by atoms with van der Waals surface area (Å²) >= 11 is 0. The van der Waals surface area contributed by atoms with E-state index in [9.17, 15) is 9.90 Å². The molecule has 0 aromatic heterocycles. The van der Waals surface area contributed by atoms with E-state index in [2.05, 4.69) is 5.32 Å². The van der Waals surface area contributed by atoms with Crippen LogP contribution in [-0.4, -0.2) is 42.3 Å². The fourth-order valence-corrected chi connectivity index (χ4v) is 2.19. The first-order chi connectivity index (χ1) is 11.5. The molecule has 0 fully saturated rings. The number of carbonyl (C=O) groups excluding carboxylic acids is 1. The van der Waals surface area contributed by atoms with Crippen LogP contribution in [0.1, 0.15) is 11.1 Å². The van der Waals surface area contributed by atoms with Gasteiger partial charge in [-0.3, -0.25) is 0 Å². The van der Waals surface area contributed by atoms with E-state index >= 15 is 0 Å². The molecule has 0 aliphatic heterocycles. The quantitative estimate of drug-likeness (QED) is 0.821. The second-order valence-corrected chi connectivity index (χ2v) is 5.83. The minimum Gasteiger partial charge on any atom is -0.389 e. The second-order valence-electron chi connectivity index (χ2n) is 5.83. The van der Waals surface area contributed by atoms with Crippen molar-refractivity contribution in [1.82, 2.24) is 4.90 Å². The van der Waals surface area contributed by atoms with Gasteiger partial charge in [0.25, 0.3) is 0 Å². The second kappa shape index (κ2) is 9.05. The molecule has 2 N–H and O–H groups in total. The van der Waals surface area contributed by atoms with E-state index in [1.54, 1.807) is 7.05 Å². The van der Waals surface area contributed by atoms with E-state index in [-0.39, 0.29) is 19.2 Å². The van der Waals surface area contributed by atoms with Crippen LogP contribution in [0.2, 0.25) is 0 Å². The molecule has 2 amide bonds. The molecule has 24 heavy (non-hydrogen) atoms. The Morgan fingerprint density at radius 2 is 1.83 bits per heavy atom. The van der Waals surface area contributed by atoms with Crippen LogP contribution in [0.25, 0.3) is 0 Å². The number of aryl methyl sites for hydroxylation is 1. The van der Waals surface area contributed by atoms with Gasteiger partial charge in [-0.2, -0.15) is 0 Å². The zero-order chi connectivity index (χ0) is 17.4. The molecule has 0 saturated heterocycles. The first kappa shape index (κ1) is 18.0. The number of aliphatic hydroxyl groups is 1. The van der Waals surface area contributed by atoms with Gasteiger partial charge in [0.2, 0.25) is 0 Å². The van der Waals surface area contributed by atoms with E-state index < -0.39 is 6.10 Å². The van der Waals surface area contributed by atoms with Crippen molar-refractivity contribution in [2.75, 3.05) is 25.5 Å². The Balaban J connectivity index is 1.71. The van der Waals surface area contributed by atoms with E-state index in [1.165, 1.54) is 4.90 Å². The summed E-state index contributed by atoms with van der Waals surface area (Å²) in [6.45, 7) is 2.81. The molecule has 128 valence electrons. The van der Waals surface area contributed by atoms with Crippen molar-refractivity contribution in [1.29, 1.82) is 0 Å². The van der Waals surface area contributed by atoms with Crippen LogP contribution in [0.3, 0.4) is 0 Å². The molecule has 2 rings (SSSR count). The molecule has 0 aliphatic rings. The van der Waals surface area contributed by atoms with Gasteiger partial charge in [-0.1, -0.05) is 48.0 Å². The molecule has 0 saturated carbocycles. The fraction of sp³-hybridized carbons (Fsp3) is 0.316. The SMILES string of the molecule is Cc1ccc(NC(=O)N(C)CC(O)COCc2ccccc2)cc1. The van der Waals surface area contributed by atoms with Crippen molar-refractivity contribution < 1.29 is 14.6 Å². The van der Waals surface area contributed by atoms with Crippen LogP contribution < -0.4 is 5.32 Å². The Kier molecular flexibility index (Phi) is 6.78. The number of aliphatic hydroxyl groups excluding tert-OH is 1. The van der Waals surface area contributed by atoms with E-state index in [0.717, 1.165) is 16.8 Å². The smallest absolute Gasteiger partial charge is 0.321 e. The third-order valence-electron chi connectivity index (χ3n) is 3.56. The van der Waals surface area contributed by atoms with E-state index in [1.807, 2.05) is 61.5 Å². The molecule has 0 spiro atoms. The average molecular weight is 328 g/mol. The predicted molar refractivity (Wildman–Crippen MR) is 94.9 cm³/mol. The number of carbonyl (C=O) groups is 1.